The fourth-order valence-electron chi connectivity index (χ4n) is 1.32. The number of hydrogen-bond acceptors (Lipinski definition) is 3. The summed E-state index contributed by atoms with van der Waals surface area (Å²) >= 11 is 0. The van der Waals surface area contributed by atoms with E-state index < -0.39 is 0 Å². The van der Waals surface area contributed by atoms with Gasteiger partial charge in [-0.15, -0.1) is 0 Å². The predicted molar refractivity (Wildman–Crippen MR) is 62.8 cm³/mol. The average Bonchev–Trinajstić information content (AvgIpc) is 2.16. The van der Waals surface area contributed by atoms with E-state index in [-0.39, 0.29) is 5.97 Å². The number of hydrogen-bond donors (Lipinski definition) is 1. The van der Waals surface area contributed by atoms with Crippen LogP contribution in [-0.4, -0.2) is 25.7 Å². The molecule has 0 saturated heterocycles. The van der Waals surface area contributed by atoms with Crippen LogP contribution in [0.15, 0.2) is 0 Å². The van der Waals surface area contributed by atoms with Gasteiger partial charge in [-0.1, -0.05) is 20.3 Å². The number of nitrogens with one attached hydrogen (secondary N) is 1. The second-order valence-corrected chi connectivity index (χ2v) is 4.21. The molecule has 15 heavy (non-hydrogen) atoms. The molecule has 0 fully saturated rings. The molecule has 0 saturated carbocycles. The summed E-state index contributed by atoms with van der Waals surface area (Å²) in [6, 6.07) is 0. The van der Waals surface area contributed by atoms with Crippen molar-refractivity contribution in [2.75, 3.05) is 19.7 Å². The van der Waals surface area contributed by atoms with E-state index in [1.807, 2.05) is 6.92 Å². The second kappa shape index (κ2) is 9.97. The van der Waals surface area contributed by atoms with Crippen LogP contribution in [0.2, 0.25) is 0 Å². The molecule has 1 N–H and O–H groups in total. The monoisotopic (exact) mass is 215 g/mol. The summed E-state index contributed by atoms with van der Waals surface area (Å²) in [4.78, 5) is 11.0. The van der Waals surface area contributed by atoms with Crippen LogP contribution in [0, 0.1) is 5.92 Å². The van der Waals surface area contributed by atoms with Gasteiger partial charge in [0.1, 0.15) is 0 Å². The third-order valence-corrected chi connectivity index (χ3v) is 2.09. The Bertz CT molecular complexity index is 158. The van der Waals surface area contributed by atoms with Gasteiger partial charge in [0.2, 0.25) is 0 Å². The topological polar surface area (TPSA) is 38.3 Å². The van der Waals surface area contributed by atoms with Gasteiger partial charge in [-0.25, -0.2) is 0 Å². The number of rotatable bonds is 9. The van der Waals surface area contributed by atoms with Gasteiger partial charge in [-0.05, 0) is 38.8 Å². The van der Waals surface area contributed by atoms with Crippen molar-refractivity contribution in [2.45, 2.75) is 46.5 Å². The average molecular weight is 215 g/mol. The highest BCUT2D eigenvalue weighted by molar-refractivity contribution is 5.69. The Labute approximate surface area is 93.6 Å². The molecule has 0 atom stereocenters. The van der Waals surface area contributed by atoms with Crippen molar-refractivity contribution in [3.63, 3.8) is 0 Å². The van der Waals surface area contributed by atoms with Gasteiger partial charge in [0.15, 0.2) is 0 Å². The Hall–Kier alpha value is -0.570. The Morgan fingerprint density at radius 2 is 2.00 bits per heavy atom. The summed E-state index contributed by atoms with van der Waals surface area (Å²) in [5, 5.41) is 3.38. The molecular formula is C12H25NO2. The molecule has 0 aliphatic carbocycles. The lowest BCUT2D eigenvalue weighted by atomic mass is 10.2. The zero-order valence-electron chi connectivity index (χ0n) is 10.3. The molecule has 0 amide bonds. The molecule has 0 unspecified atom stereocenters. The normalized spacial score (nSPS) is 10.7. The summed E-state index contributed by atoms with van der Waals surface area (Å²) in [5.74, 6) is 0.650. The first-order chi connectivity index (χ1) is 7.16. The van der Waals surface area contributed by atoms with Crippen molar-refractivity contribution >= 4 is 5.97 Å². The summed E-state index contributed by atoms with van der Waals surface area (Å²) in [5.41, 5.74) is 0. The first kappa shape index (κ1) is 14.4. The molecule has 0 aromatic rings. The fourth-order valence-corrected chi connectivity index (χ4v) is 1.32. The maximum absolute atomic E-state index is 11.0. The van der Waals surface area contributed by atoms with Crippen molar-refractivity contribution in [3.8, 4) is 0 Å². The van der Waals surface area contributed by atoms with E-state index >= 15 is 0 Å². The van der Waals surface area contributed by atoms with Gasteiger partial charge >= 0.3 is 5.97 Å². The first-order valence-electron chi connectivity index (χ1n) is 6.03. The first-order valence-corrected chi connectivity index (χ1v) is 6.03. The Kier molecular flexibility index (Phi) is 9.59. The molecule has 0 rings (SSSR count). The predicted octanol–water partition coefficient (Wildman–Crippen LogP) is 2.36. The van der Waals surface area contributed by atoms with E-state index in [0.29, 0.717) is 18.9 Å². The minimum atomic E-state index is -0.0624. The van der Waals surface area contributed by atoms with Crippen LogP contribution in [0.4, 0.5) is 0 Å². The van der Waals surface area contributed by atoms with E-state index in [1.54, 1.807) is 0 Å². The molecule has 0 aliphatic heterocycles. The molecule has 0 aromatic heterocycles. The van der Waals surface area contributed by atoms with Crippen LogP contribution in [0.3, 0.4) is 0 Å². The maximum atomic E-state index is 11.0. The van der Waals surface area contributed by atoms with Crippen LogP contribution in [0.1, 0.15) is 46.5 Å². The third-order valence-electron chi connectivity index (χ3n) is 2.09. The highest BCUT2D eigenvalue weighted by Crippen LogP contribution is 2.00. The summed E-state index contributed by atoms with van der Waals surface area (Å²) in [6.07, 6.45) is 3.76. The quantitative estimate of drug-likeness (QED) is 0.474. The fraction of sp³-hybridized carbons (Fsp3) is 0.917. The zero-order chi connectivity index (χ0) is 11.5. The standard InChI is InChI=1S/C12H25NO2/c1-4-15-12(14)8-6-5-7-9-13-10-11(2)3/h11,13H,4-10H2,1-3H3. The van der Waals surface area contributed by atoms with Crippen molar-refractivity contribution < 1.29 is 9.53 Å². The van der Waals surface area contributed by atoms with E-state index in [0.717, 1.165) is 32.4 Å². The number of esters is 1. The number of carbonyl (C=O) groups is 1. The zero-order valence-corrected chi connectivity index (χ0v) is 10.3. The molecular weight excluding hydrogens is 190 g/mol. The molecule has 0 bridgehead atoms. The molecule has 0 spiro atoms. The SMILES string of the molecule is CCOC(=O)CCCCCNCC(C)C. The molecule has 3 nitrogen and oxygen atoms in total. The molecule has 90 valence electrons. The van der Waals surface area contributed by atoms with E-state index in [2.05, 4.69) is 19.2 Å². The van der Waals surface area contributed by atoms with Crippen LogP contribution in [0.5, 0.6) is 0 Å². The number of ether oxygens (including phenoxy) is 1. The third kappa shape index (κ3) is 11.4. The van der Waals surface area contributed by atoms with Crippen LogP contribution in [0.25, 0.3) is 0 Å². The van der Waals surface area contributed by atoms with Crippen LogP contribution in [-0.2, 0) is 9.53 Å². The Balaban J connectivity index is 3.08. The molecule has 3 heteroatoms. The van der Waals surface area contributed by atoms with Crippen molar-refractivity contribution in [1.82, 2.24) is 5.32 Å². The minimum Gasteiger partial charge on any atom is -0.466 e. The van der Waals surface area contributed by atoms with E-state index in [9.17, 15) is 4.79 Å². The summed E-state index contributed by atoms with van der Waals surface area (Å²) in [7, 11) is 0. The lowest BCUT2D eigenvalue weighted by Gasteiger charge is -2.06. The van der Waals surface area contributed by atoms with Crippen LogP contribution < -0.4 is 5.32 Å². The van der Waals surface area contributed by atoms with Gasteiger partial charge in [0.25, 0.3) is 0 Å². The smallest absolute Gasteiger partial charge is 0.305 e. The summed E-state index contributed by atoms with van der Waals surface area (Å²) < 4.78 is 4.85. The van der Waals surface area contributed by atoms with Gasteiger partial charge in [-0.2, -0.15) is 0 Å². The number of unbranched alkanes of at least 4 members (excludes halogenated alkanes) is 2. The van der Waals surface area contributed by atoms with Gasteiger partial charge < -0.3 is 10.1 Å². The highest BCUT2D eigenvalue weighted by atomic mass is 16.5. The van der Waals surface area contributed by atoms with Crippen molar-refractivity contribution in [3.05, 3.63) is 0 Å². The molecule has 0 radical (unpaired) electrons. The minimum absolute atomic E-state index is 0.0624. The van der Waals surface area contributed by atoms with Crippen molar-refractivity contribution in [1.29, 1.82) is 0 Å². The molecule has 0 heterocycles. The lowest BCUT2D eigenvalue weighted by molar-refractivity contribution is -0.143. The maximum Gasteiger partial charge on any atom is 0.305 e. The molecule has 0 aliphatic rings. The van der Waals surface area contributed by atoms with Gasteiger partial charge in [0.05, 0.1) is 6.61 Å². The largest absolute Gasteiger partial charge is 0.466 e. The Morgan fingerprint density at radius 3 is 2.60 bits per heavy atom. The van der Waals surface area contributed by atoms with Crippen molar-refractivity contribution in [2.24, 2.45) is 5.92 Å². The summed E-state index contributed by atoms with van der Waals surface area (Å²) in [6.45, 7) is 8.88. The lowest BCUT2D eigenvalue weighted by Crippen LogP contribution is -2.20. The van der Waals surface area contributed by atoms with E-state index in [4.69, 9.17) is 4.74 Å². The number of carbonyl (C=O) groups excluding carboxylic acids is 1. The molecule has 0 aromatic carbocycles. The second-order valence-electron chi connectivity index (χ2n) is 4.21. The van der Waals surface area contributed by atoms with Crippen LogP contribution >= 0.6 is 0 Å². The highest BCUT2D eigenvalue weighted by Gasteiger charge is 2.00. The van der Waals surface area contributed by atoms with Gasteiger partial charge in [0, 0.05) is 6.42 Å². The Morgan fingerprint density at radius 1 is 1.27 bits per heavy atom. The van der Waals surface area contributed by atoms with E-state index in [1.165, 1.54) is 0 Å². The van der Waals surface area contributed by atoms with Gasteiger partial charge in [-0.3, -0.25) is 4.79 Å².